The van der Waals surface area contributed by atoms with Gasteiger partial charge in [0, 0.05) is 5.56 Å². The van der Waals surface area contributed by atoms with Crippen LogP contribution in [0.15, 0.2) is 78.9 Å². The van der Waals surface area contributed by atoms with E-state index in [-0.39, 0.29) is 5.78 Å². The molecule has 3 aromatic carbocycles. The summed E-state index contributed by atoms with van der Waals surface area (Å²) in [5.74, 6) is 1.25. The second-order valence-electron chi connectivity index (χ2n) is 6.77. The quantitative estimate of drug-likeness (QED) is 0.646. The number of methoxy groups -OCH3 is 1. The van der Waals surface area contributed by atoms with Gasteiger partial charge < -0.3 is 14.2 Å². The number of hydrogen-bond acceptors (Lipinski definition) is 4. The number of benzene rings is 3. The highest BCUT2D eigenvalue weighted by atomic mass is 16.6. The Kier molecular flexibility index (Phi) is 3.55. The van der Waals surface area contributed by atoms with E-state index in [2.05, 4.69) is 0 Å². The molecule has 2 aliphatic rings. The molecule has 4 heteroatoms. The van der Waals surface area contributed by atoms with Gasteiger partial charge in [0.15, 0.2) is 6.10 Å². The minimum atomic E-state index is -1.08. The van der Waals surface area contributed by atoms with Crippen molar-refractivity contribution in [2.24, 2.45) is 0 Å². The summed E-state index contributed by atoms with van der Waals surface area (Å²) in [5, 5.41) is 0. The SMILES string of the molecule is COc1ccccc1[C@@H]1O[C@@]12C(=O)c1ccccc1O[C@H]2c1ccccc1. The Balaban J connectivity index is 1.66. The van der Waals surface area contributed by atoms with Crippen LogP contribution in [0.4, 0.5) is 0 Å². The van der Waals surface area contributed by atoms with Crippen molar-refractivity contribution in [1.29, 1.82) is 0 Å². The number of ketones is 1. The van der Waals surface area contributed by atoms with Crippen LogP contribution in [0.2, 0.25) is 0 Å². The molecule has 0 bridgehead atoms. The maximum absolute atomic E-state index is 13.5. The van der Waals surface area contributed by atoms with Crippen LogP contribution in [0.5, 0.6) is 11.5 Å². The van der Waals surface area contributed by atoms with Crippen molar-refractivity contribution in [2.75, 3.05) is 7.11 Å². The Hall–Kier alpha value is -3.11. The van der Waals surface area contributed by atoms with Crippen LogP contribution in [0, 0.1) is 0 Å². The summed E-state index contributed by atoms with van der Waals surface area (Å²) >= 11 is 0. The van der Waals surface area contributed by atoms with Gasteiger partial charge in [0.2, 0.25) is 11.4 Å². The summed E-state index contributed by atoms with van der Waals surface area (Å²) in [6.07, 6.45) is -0.935. The summed E-state index contributed by atoms with van der Waals surface area (Å²) in [6, 6.07) is 24.7. The number of rotatable bonds is 3. The van der Waals surface area contributed by atoms with Gasteiger partial charge in [0.25, 0.3) is 0 Å². The van der Waals surface area contributed by atoms with Crippen LogP contribution < -0.4 is 9.47 Å². The highest BCUT2D eigenvalue weighted by Crippen LogP contribution is 2.63. The third-order valence-electron chi connectivity index (χ3n) is 5.29. The molecule has 0 aromatic heterocycles. The molecule has 1 spiro atoms. The molecule has 0 radical (unpaired) electrons. The summed E-state index contributed by atoms with van der Waals surface area (Å²) in [4.78, 5) is 13.5. The number of epoxide rings is 1. The molecule has 3 aromatic rings. The van der Waals surface area contributed by atoms with Gasteiger partial charge in [-0.25, -0.2) is 0 Å². The molecule has 1 saturated heterocycles. The monoisotopic (exact) mass is 358 g/mol. The Bertz CT molecular complexity index is 1010. The second-order valence-corrected chi connectivity index (χ2v) is 6.77. The van der Waals surface area contributed by atoms with Crippen molar-refractivity contribution >= 4 is 5.78 Å². The average Bonchev–Trinajstić information content (AvgIpc) is 3.47. The maximum atomic E-state index is 13.5. The fraction of sp³-hybridized carbons (Fsp3) is 0.174. The highest BCUT2D eigenvalue weighted by Gasteiger charge is 2.71. The number of para-hydroxylation sites is 2. The van der Waals surface area contributed by atoms with Gasteiger partial charge in [-0.3, -0.25) is 4.79 Å². The molecule has 2 heterocycles. The summed E-state index contributed by atoms with van der Waals surface area (Å²) in [7, 11) is 1.62. The molecule has 1 fully saturated rings. The van der Waals surface area contributed by atoms with Gasteiger partial charge in [-0.15, -0.1) is 0 Å². The van der Waals surface area contributed by atoms with E-state index in [1.54, 1.807) is 13.2 Å². The Morgan fingerprint density at radius 2 is 1.56 bits per heavy atom. The van der Waals surface area contributed by atoms with E-state index in [4.69, 9.17) is 14.2 Å². The van der Waals surface area contributed by atoms with E-state index in [1.165, 1.54) is 0 Å². The molecule has 2 aliphatic heterocycles. The first-order valence-corrected chi connectivity index (χ1v) is 8.92. The zero-order chi connectivity index (χ0) is 18.4. The molecule has 0 unspecified atom stereocenters. The molecule has 3 atom stereocenters. The van der Waals surface area contributed by atoms with Crippen molar-refractivity contribution in [2.45, 2.75) is 17.8 Å². The van der Waals surface area contributed by atoms with Crippen LogP contribution >= 0.6 is 0 Å². The lowest BCUT2D eigenvalue weighted by Crippen LogP contribution is -2.40. The molecule has 5 rings (SSSR count). The highest BCUT2D eigenvalue weighted by molar-refractivity contribution is 6.08. The van der Waals surface area contributed by atoms with Crippen molar-refractivity contribution < 1.29 is 19.0 Å². The molecular weight excluding hydrogens is 340 g/mol. The molecule has 0 amide bonds. The number of ether oxygens (including phenoxy) is 3. The van der Waals surface area contributed by atoms with E-state index < -0.39 is 17.8 Å². The van der Waals surface area contributed by atoms with Crippen molar-refractivity contribution in [3.63, 3.8) is 0 Å². The lowest BCUT2D eigenvalue weighted by atomic mass is 9.81. The molecule has 4 nitrogen and oxygen atoms in total. The zero-order valence-electron chi connectivity index (χ0n) is 14.8. The summed E-state index contributed by atoms with van der Waals surface area (Å²) in [5.41, 5.74) is 1.25. The Morgan fingerprint density at radius 1 is 0.852 bits per heavy atom. The topological polar surface area (TPSA) is 48.1 Å². The van der Waals surface area contributed by atoms with Crippen LogP contribution in [-0.4, -0.2) is 18.5 Å². The van der Waals surface area contributed by atoms with Crippen molar-refractivity contribution in [3.8, 4) is 11.5 Å². The van der Waals surface area contributed by atoms with E-state index >= 15 is 0 Å². The standard InChI is InChI=1S/C23H18O4/c1-25-18-13-7-6-12-17(18)22-23(27-22)20(24)16-11-5-8-14-19(16)26-21(23)15-9-3-2-4-10-15/h2-14,21-22H,1H3/t21-,22-,23+/m0/s1. The van der Waals surface area contributed by atoms with Gasteiger partial charge in [0.1, 0.15) is 17.6 Å². The fourth-order valence-electron chi connectivity index (χ4n) is 3.95. The van der Waals surface area contributed by atoms with Gasteiger partial charge in [-0.1, -0.05) is 60.7 Å². The number of carbonyl (C=O) groups is 1. The fourth-order valence-corrected chi connectivity index (χ4v) is 3.95. The minimum absolute atomic E-state index is 0.0471. The normalized spacial score (nSPS) is 25.6. The van der Waals surface area contributed by atoms with E-state index in [0.717, 1.165) is 11.1 Å². The predicted molar refractivity (Wildman–Crippen MR) is 100 cm³/mol. The molecule has 0 N–H and O–H groups in total. The number of carbonyl (C=O) groups excluding carboxylic acids is 1. The largest absolute Gasteiger partial charge is 0.496 e. The van der Waals surface area contributed by atoms with E-state index in [9.17, 15) is 4.79 Å². The summed E-state index contributed by atoms with van der Waals surface area (Å²) < 4.78 is 18.0. The minimum Gasteiger partial charge on any atom is -0.496 e. The third-order valence-corrected chi connectivity index (χ3v) is 5.29. The van der Waals surface area contributed by atoms with Crippen LogP contribution in [0.25, 0.3) is 0 Å². The maximum Gasteiger partial charge on any atom is 0.205 e. The van der Waals surface area contributed by atoms with Gasteiger partial charge in [-0.2, -0.15) is 0 Å². The zero-order valence-corrected chi connectivity index (χ0v) is 14.8. The predicted octanol–water partition coefficient (Wildman–Crippen LogP) is 4.52. The van der Waals surface area contributed by atoms with E-state index in [0.29, 0.717) is 17.1 Å². The van der Waals surface area contributed by atoms with E-state index in [1.807, 2.05) is 72.8 Å². The Morgan fingerprint density at radius 3 is 2.37 bits per heavy atom. The smallest absolute Gasteiger partial charge is 0.205 e. The number of fused-ring (bicyclic) bond motifs is 1. The first-order chi connectivity index (χ1) is 13.3. The van der Waals surface area contributed by atoms with Gasteiger partial charge in [0.05, 0.1) is 12.7 Å². The average molecular weight is 358 g/mol. The Labute approximate surface area is 157 Å². The van der Waals surface area contributed by atoms with Crippen LogP contribution in [0.1, 0.15) is 33.7 Å². The molecular formula is C23H18O4. The van der Waals surface area contributed by atoms with Crippen molar-refractivity contribution in [1.82, 2.24) is 0 Å². The lowest BCUT2D eigenvalue weighted by molar-refractivity contribution is 0.0523. The van der Waals surface area contributed by atoms with Gasteiger partial charge >= 0.3 is 0 Å². The number of Topliss-reactive ketones (excluding diaryl/α,β-unsaturated/α-hetero) is 1. The summed E-state index contributed by atoms with van der Waals surface area (Å²) in [6.45, 7) is 0. The lowest BCUT2D eigenvalue weighted by Gasteiger charge is -2.31. The first kappa shape index (κ1) is 16.1. The second kappa shape index (κ2) is 5.96. The molecule has 134 valence electrons. The number of hydrogen-bond donors (Lipinski definition) is 0. The molecule has 0 aliphatic carbocycles. The third kappa shape index (κ3) is 2.30. The van der Waals surface area contributed by atoms with Crippen LogP contribution in [0.3, 0.4) is 0 Å². The first-order valence-electron chi connectivity index (χ1n) is 8.92. The molecule has 0 saturated carbocycles. The van der Waals surface area contributed by atoms with Crippen LogP contribution in [-0.2, 0) is 4.74 Å². The molecule has 27 heavy (non-hydrogen) atoms. The van der Waals surface area contributed by atoms with Gasteiger partial charge in [-0.05, 0) is 23.8 Å². The van der Waals surface area contributed by atoms with Crippen molar-refractivity contribution in [3.05, 3.63) is 95.6 Å².